The average Bonchev–Trinajstić information content (AvgIpc) is 2.38. The van der Waals surface area contributed by atoms with E-state index in [2.05, 4.69) is 5.32 Å². The second-order valence-electron chi connectivity index (χ2n) is 6.74. The molecule has 0 saturated carbocycles. The highest BCUT2D eigenvalue weighted by atomic mass is 19.1. The first-order chi connectivity index (χ1) is 10.0. The average molecular weight is 315 g/mol. The SMILES string of the molecule is CC(CO)(CNC(=O)OC(C)(C)C)Cc1ccc(F)cc1F. The van der Waals surface area contributed by atoms with Crippen LogP contribution in [0.15, 0.2) is 18.2 Å². The number of aliphatic hydroxyl groups is 1. The fraction of sp³-hybridized carbons (Fsp3) is 0.562. The van der Waals surface area contributed by atoms with Crippen molar-refractivity contribution >= 4 is 6.09 Å². The van der Waals surface area contributed by atoms with Crippen LogP contribution in [0.25, 0.3) is 0 Å². The van der Waals surface area contributed by atoms with E-state index >= 15 is 0 Å². The van der Waals surface area contributed by atoms with Crippen LogP contribution in [0.2, 0.25) is 0 Å². The number of hydrogen-bond acceptors (Lipinski definition) is 3. The Morgan fingerprint density at radius 2 is 1.91 bits per heavy atom. The van der Waals surface area contributed by atoms with Crippen LogP contribution in [-0.2, 0) is 11.2 Å². The Kier molecular flexibility index (Phi) is 5.88. The highest BCUT2D eigenvalue weighted by Crippen LogP contribution is 2.23. The zero-order valence-corrected chi connectivity index (χ0v) is 13.4. The van der Waals surface area contributed by atoms with Crippen molar-refractivity contribution < 1.29 is 23.4 Å². The monoisotopic (exact) mass is 315 g/mol. The van der Waals surface area contributed by atoms with E-state index in [1.165, 1.54) is 6.07 Å². The third-order valence-corrected chi connectivity index (χ3v) is 3.07. The zero-order valence-electron chi connectivity index (χ0n) is 13.4. The van der Waals surface area contributed by atoms with E-state index in [1.54, 1.807) is 27.7 Å². The summed E-state index contributed by atoms with van der Waals surface area (Å²) in [6, 6.07) is 3.30. The van der Waals surface area contributed by atoms with Gasteiger partial charge in [-0.2, -0.15) is 0 Å². The molecule has 0 bridgehead atoms. The molecule has 0 heterocycles. The smallest absolute Gasteiger partial charge is 0.407 e. The minimum Gasteiger partial charge on any atom is -0.444 e. The molecule has 1 unspecified atom stereocenters. The van der Waals surface area contributed by atoms with Crippen LogP contribution in [0.5, 0.6) is 0 Å². The zero-order chi connectivity index (χ0) is 17.0. The molecule has 1 amide bonds. The number of alkyl carbamates (subject to hydrolysis) is 1. The highest BCUT2D eigenvalue weighted by Gasteiger charge is 2.27. The Hall–Kier alpha value is -1.69. The largest absolute Gasteiger partial charge is 0.444 e. The van der Waals surface area contributed by atoms with Crippen LogP contribution in [0.4, 0.5) is 13.6 Å². The molecule has 1 rings (SSSR count). The fourth-order valence-electron chi connectivity index (χ4n) is 1.90. The van der Waals surface area contributed by atoms with Crippen molar-refractivity contribution in [2.75, 3.05) is 13.2 Å². The van der Waals surface area contributed by atoms with Crippen LogP contribution < -0.4 is 5.32 Å². The lowest BCUT2D eigenvalue weighted by atomic mass is 9.84. The second kappa shape index (κ2) is 7.05. The predicted molar refractivity (Wildman–Crippen MR) is 79.5 cm³/mol. The molecule has 0 radical (unpaired) electrons. The molecule has 0 aliphatic rings. The normalized spacial score (nSPS) is 14.3. The molecule has 0 aromatic heterocycles. The van der Waals surface area contributed by atoms with E-state index in [1.807, 2.05) is 0 Å². The van der Waals surface area contributed by atoms with Crippen molar-refractivity contribution in [3.63, 3.8) is 0 Å². The molecule has 124 valence electrons. The van der Waals surface area contributed by atoms with Crippen molar-refractivity contribution in [1.82, 2.24) is 5.32 Å². The summed E-state index contributed by atoms with van der Waals surface area (Å²) in [4.78, 5) is 11.6. The Morgan fingerprint density at radius 3 is 2.41 bits per heavy atom. The first-order valence-corrected chi connectivity index (χ1v) is 7.06. The molecule has 1 atom stereocenters. The van der Waals surface area contributed by atoms with Gasteiger partial charge in [0.05, 0.1) is 6.61 Å². The fourth-order valence-corrected chi connectivity index (χ4v) is 1.90. The minimum absolute atomic E-state index is 0.106. The standard InChI is InChI=1S/C16H23F2NO3/c1-15(2,3)22-14(21)19-9-16(4,10-20)8-11-5-6-12(17)7-13(11)18/h5-7,20H,8-10H2,1-4H3,(H,19,21). The van der Waals surface area contributed by atoms with E-state index in [-0.39, 0.29) is 25.1 Å². The van der Waals surface area contributed by atoms with E-state index in [4.69, 9.17) is 4.74 Å². The number of ether oxygens (including phenoxy) is 1. The molecule has 4 nitrogen and oxygen atoms in total. The van der Waals surface area contributed by atoms with Gasteiger partial charge in [-0.3, -0.25) is 0 Å². The van der Waals surface area contributed by atoms with Crippen molar-refractivity contribution in [3.05, 3.63) is 35.4 Å². The number of aliphatic hydroxyl groups excluding tert-OH is 1. The molecule has 0 fully saturated rings. The number of carbonyl (C=O) groups is 1. The molecule has 2 N–H and O–H groups in total. The first kappa shape index (κ1) is 18.4. The number of hydrogen-bond donors (Lipinski definition) is 2. The van der Waals surface area contributed by atoms with Gasteiger partial charge in [0.2, 0.25) is 0 Å². The molecule has 22 heavy (non-hydrogen) atoms. The molecular formula is C16H23F2NO3. The van der Waals surface area contributed by atoms with Gasteiger partial charge >= 0.3 is 6.09 Å². The summed E-state index contributed by atoms with van der Waals surface area (Å²) in [6.45, 7) is 6.77. The third-order valence-electron chi connectivity index (χ3n) is 3.07. The topological polar surface area (TPSA) is 58.6 Å². The van der Waals surface area contributed by atoms with Gasteiger partial charge < -0.3 is 15.2 Å². The number of nitrogens with one attached hydrogen (secondary N) is 1. The molecule has 0 aliphatic heterocycles. The molecule has 0 aliphatic carbocycles. The predicted octanol–water partition coefficient (Wildman–Crippen LogP) is 3.03. The summed E-state index contributed by atoms with van der Waals surface area (Å²) in [6.07, 6.45) is -0.447. The summed E-state index contributed by atoms with van der Waals surface area (Å²) in [5.41, 5.74) is -1.12. The number of carbonyl (C=O) groups excluding carboxylic acids is 1. The highest BCUT2D eigenvalue weighted by molar-refractivity contribution is 5.67. The van der Waals surface area contributed by atoms with Crippen LogP contribution in [0.1, 0.15) is 33.3 Å². The van der Waals surface area contributed by atoms with Crippen molar-refractivity contribution in [2.24, 2.45) is 5.41 Å². The molecule has 0 saturated heterocycles. The van der Waals surface area contributed by atoms with Crippen molar-refractivity contribution in [3.8, 4) is 0 Å². The summed E-state index contributed by atoms with van der Waals surface area (Å²) >= 11 is 0. The molecule has 0 spiro atoms. The molecule has 6 heteroatoms. The quantitative estimate of drug-likeness (QED) is 0.878. The van der Waals surface area contributed by atoms with Crippen LogP contribution in [0, 0.1) is 17.0 Å². The van der Waals surface area contributed by atoms with Crippen LogP contribution >= 0.6 is 0 Å². The number of amides is 1. The van der Waals surface area contributed by atoms with E-state index in [0.717, 1.165) is 12.1 Å². The van der Waals surface area contributed by atoms with E-state index in [9.17, 15) is 18.7 Å². The minimum atomic E-state index is -0.782. The summed E-state index contributed by atoms with van der Waals surface area (Å²) in [5, 5.41) is 12.1. The first-order valence-electron chi connectivity index (χ1n) is 7.06. The van der Waals surface area contributed by atoms with Gasteiger partial charge in [0.25, 0.3) is 0 Å². The summed E-state index contributed by atoms with van der Waals surface area (Å²) in [7, 11) is 0. The molecular weight excluding hydrogens is 292 g/mol. The van der Waals surface area contributed by atoms with E-state index < -0.39 is 28.7 Å². The molecule has 1 aromatic rings. The lowest BCUT2D eigenvalue weighted by Gasteiger charge is -2.29. The van der Waals surface area contributed by atoms with Gasteiger partial charge in [0, 0.05) is 18.0 Å². The number of rotatable bonds is 5. The Balaban J connectivity index is 2.70. The van der Waals surface area contributed by atoms with E-state index in [0.29, 0.717) is 0 Å². The van der Waals surface area contributed by atoms with Gasteiger partial charge in [0.15, 0.2) is 0 Å². The maximum Gasteiger partial charge on any atom is 0.407 e. The van der Waals surface area contributed by atoms with Crippen LogP contribution in [-0.4, -0.2) is 30.0 Å². The summed E-state index contributed by atoms with van der Waals surface area (Å²) in [5.74, 6) is -1.32. The van der Waals surface area contributed by atoms with Crippen LogP contribution in [0.3, 0.4) is 0 Å². The lowest BCUT2D eigenvalue weighted by molar-refractivity contribution is 0.0478. The maximum absolute atomic E-state index is 13.7. The maximum atomic E-state index is 13.7. The Labute approximate surface area is 129 Å². The third kappa shape index (κ3) is 5.97. The van der Waals surface area contributed by atoms with Crippen molar-refractivity contribution in [1.29, 1.82) is 0 Å². The van der Waals surface area contributed by atoms with Gasteiger partial charge in [-0.15, -0.1) is 0 Å². The second-order valence-corrected chi connectivity index (χ2v) is 6.74. The lowest BCUT2D eigenvalue weighted by Crippen LogP contribution is -2.42. The van der Waals surface area contributed by atoms with Gasteiger partial charge in [-0.25, -0.2) is 13.6 Å². The van der Waals surface area contributed by atoms with Gasteiger partial charge in [-0.05, 0) is 38.8 Å². The van der Waals surface area contributed by atoms with Crippen molar-refractivity contribution in [2.45, 2.75) is 39.7 Å². The number of benzene rings is 1. The summed E-state index contributed by atoms with van der Waals surface area (Å²) < 4.78 is 31.7. The van der Waals surface area contributed by atoms with Gasteiger partial charge in [0.1, 0.15) is 17.2 Å². The number of halogens is 2. The Bertz CT molecular complexity index is 529. The molecule has 1 aromatic carbocycles. The Morgan fingerprint density at radius 1 is 1.27 bits per heavy atom. The van der Waals surface area contributed by atoms with Gasteiger partial charge in [-0.1, -0.05) is 13.0 Å².